The zero-order chi connectivity index (χ0) is 10.4. The maximum Gasteiger partial charge on any atom is 0.136 e. The van der Waals surface area contributed by atoms with Gasteiger partial charge in [-0.05, 0) is 17.9 Å². The lowest BCUT2D eigenvalue weighted by Crippen LogP contribution is -2.35. The number of fused-ring (bicyclic) bond motifs is 1. The minimum absolute atomic E-state index is 0.144. The van der Waals surface area contributed by atoms with Gasteiger partial charge in [-0.2, -0.15) is 0 Å². The Morgan fingerprint density at radius 3 is 2.53 bits per heavy atom. The number of aliphatic hydroxyl groups excluding tert-OH is 1. The van der Waals surface area contributed by atoms with Crippen molar-refractivity contribution in [2.24, 2.45) is 11.8 Å². The van der Waals surface area contributed by atoms with Crippen LogP contribution in [0.4, 0.5) is 0 Å². The summed E-state index contributed by atoms with van der Waals surface area (Å²) in [6, 6.07) is 10.1. The lowest BCUT2D eigenvalue weighted by atomic mass is 9.70. The molecule has 1 N–H and O–H groups in total. The van der Waals surface area contributed by atoms with Gasteiger partial charge < -0.3 is 5.11 Å². The summed E-state index contributed by atoms with van der Waals surface area (Å²) < 4.78 is 0. The second-order valence-corrected chi connectivity index (χ2v) is 4.68. The molecule has 78 valence electrons. The van der Waals surface area contributed by atoms with Crippen molar-refractivity contribution in [2.75, 3.05) is 0 Å². The lowest BCUT2D eigenvalue weighted by Gasteiger charge is -2.32. The molecule has 2 saturated carbocycles. The van der Waals surface area contributed by atoms with Gasteiger partial charge in [-0.25, -0.2) is 0 Å². The molecule has 0 heterocycles. The summed E-state index contributed by atoms with van der Waals surface area (Å²) in [5.74, 6) is 1.08. The molecular formula is C13H14O2. The maximum atomic E-state index is 11.3. The van der Waals surface area contributed by atoms with Gasteiger partial charge in [-0.3, -0.25) is 4.79 Å². The quantitative estimate of drug-likeness (QED) is 0.753. The third-order valence-electron chi connectivity index (χ3n) is 3.92. The summed E-state index contributed by atoms with van der Waals surface area (Å²) in [5.41, 5.74) is 1.19. The molecule has 1 aromatic rings. The standard InChI is InChI=1S/C13H14O2/c14-11-7-10-9(11)6-12(15)13(10)8-4-2-1-3-5-8/h1-5,9-10,12-13,15H,6-7H2/t9-,10+,12+,13+/m1/s1. The first-order chi connectivity index (χ1) is 7.27. The summed E-state index contributed by atoms with van der Waals surface area (Å²) in [6.45, 7) is 0. The molecule has 2 aliphatic rings. The van der Waals surface area contributed by atoms with E-state index < -0.39 is 0 Å². The maximum absolute atomic E-state index is 11.3. The third-order valence-corrected chi connectivity index (χ3v) is 3.92. The van der Waals surface area contributed by atoms with E-state index in [1.165, 1.54) is 5.56 Å². The summed E-state index contributed by atoms with van der Waals surface area (Å²) in [6.07, 6.45) is 1.01. The number of hydrogen-bond donors (Lipinski definition) is 1. The molecule has 0 spiro atoms. The number of carbonyl (C=O) groups is 1. The van der Waals surface area contributed by atoms with Crippen LogP contribution in [0.25, 0.3) is 0 Å². The Kier molecular flexibility index (Phi) is 1.93. The van der Waals surface area contributed by atoms with Gasteiger partial charge in [-0.15, -0.1) is 0 Å². The molecule has 0 amide bonds. The smallest absolute Gasteiger partial charge is 0.136 e. The van der Waals surface area contributed by atoms with Crippen LogP contribution in [-0.4, -0.2) is 17.0 Å². The van der Waals surface area contributed by atoms with Crippen LogP contribution >= 0.6 is 0 Å². The van der Waals surface area contributed by atoms with Crippen LogP contribution in [0, 0.1) is 11.8 Å². The Balaban J connectivity index is 1.91. The highest BCUT2D eigenvalue weighted by molar-refractivity contribution is 5.88. The van der Waals surface area contributed by atoms with Gasteiger partial charge in [0.1, 0.15) is 5.78 Å². The predicted molar refractivity (Wildman–Crippen MR) is 56.4 cm³/mol. The Labute approximate surface area is 88.9 Å². The highest BCUT2D eigenvalue weighted by Crippen LogP contribution is 2.52. The SMILES string of the molecule is O=C1C[C@@H]2[C@H](c3ccccc3)[C@@H](O)C[C@@H]12. The van der Waals surface area contributed by atoms with E-state index in [9.17, 15) is 9.90 Å². The van der Waals surface area contributed by atoms with Crippen LogP contribution in [0.3, 0.4) is 0 Å². The van der Waals surface area contributed by atoms with Gasteiger partial charge >= 0.3 is 0 Å². The topological polar surface area (TPSA) is 37.3 Å². The zero-order valence-corrected chi connectivity index (χ0v) is 8.47. The van der Waals surface area contributed by atoms with Gasteiger partial charge in [0.25, 0.3) is 0 Å². The molecule has 0 radical (unpaired) electrons. The summed E-state index contributed by atoms with van der Waals surface area (Å²) >= 11 is 0. The van der Waals surface area contributed by atoms with Crippen LogP contribution < -0.4 is 0 Å². The average Bonchev–Trinajstić information content (AvgIpc) is 2.52. The van der Waals surface area contributed by atoms with E-state index in [1.807, 2.05) is 18.2 Å². The number of hydrogen-bond acceptors (Lipinski definition) is 2. The summed E-state index contributed by atoms with van der Waals surface area (Å²) in [7, 11) is 0. The van der Waals surface area contributed by atoms with Crippen molar-refractivity contribution in [3.8, 4) is 0 Å². The number of Topliss-reactive ketones (excluding diaryl/α,β-unsaturated/α-hetero) is 1. The molecule has 2 aliphatic carbocycles. The molecule has 0 aliphatic heterocycles. The second kappa shape index (κ2) is 3.17. The van der Waals surface area contributed by atoms with E-state index in [-0.39, 0.29) is 17.9 Å². The molecule has 2 heteroatoms. The van der Waals surface area contributed by atoms with Crippen molar-refractivity contribution < 1.29 is 9.90 Å². The number of ketones is 1. The van der Waals surface area contributed by atoms with Crippen molar-refractivity contribution in [2.45, 2.75) is 24.9 Å². The number of rotatable bonds is 1. The van der Waals surface area contributed by atoms with E-state index >= 15 is 0 Å². The average molecular weight is 202 g/mol. The monoisotopic (exact) mass is 202 g/mol. The van der Waals surface area contributed by atoms with Crippen LogP contribution in [-0.2, 0) is 4.79 Å². The summed E-state index contributed by atoms with van der Waals surface area (Å²) in [4.78, 5) is 11.3. The largest absolute Gasteiger partial charge is 0.392 e. The third kappa shape index (κ3) is 1.25. The Hall–Kier alpha value is -1.15. The minimum atomic E-state index is -0.325. The van der Waals surface area contributed by atoms with Crippen molar-refractivity contribution in [1.29, 1.82) is 0 Å². The van der Waals surface area contributed by atoms with Crippen LogP contribution in [0.2, 0.25) is 0 Å². The highest BCUT2D eigenvalue weighted by atomic mass is 16.3. The Morgan fingerprint density at radius 2 is 1.93 bits per heavy atom. The molecule has 0 bridgehead atoms. The fourth-order valence-electron chi connectivity index (χ4n) is 3.12. The zero-order valence-electron chi connectivity index (χ0n) is 8.47. The van der Waals surface area contributed by atoms with E-state index in [1.54, 1.807) is 0 Å². The molecule has 2 nitrogen and oxygen atoms in total. The van der Waals surface area contributed by atoms with Gasteiger partial charge in [0, 0.05) is 18.3 Å². The second-order valence-electron chi connectivity index (χ2n) is 4.68. The molecule has 1 aromatic carbocycles. The Morgan fingerprint density at radius 1 is 1.20 bits per heavy atom. The molecule has 4 atom stereocenters. The molecule has 2 fully saturated rings. The van der Waals surface area contributed by atoms with E-state index in [4.69, 9.17) is 0 Å². The molecule has 15 heavy (non-hydrogen) atoms. The van der Waals surface area contributed by atoms with E-state index in [0.717, 1.165) is 0 Å². The van der Waals surface area contributed by atoms with Crippen LogP contribution in [0.15, 0.2) is 30.3 Å². The first kappa shape index (κ1) is 9.10. The van der Waals surface area contributed by atoms with Gasteiger partial charge in [0.2, 0.25) is 0 Å². The molecule has 3 rings (SSSR count). The predicted octanol–water partition coefficient (Wildman–Crippen LogP) is 1.74. The normalized spacial score (nSPS) is 38.6. The fourth-order valence-corrected chi connectivity index (χ4v) is 3.12. The first-order valence-electron chi connectivity index (χ1n) is 5.53. The Bertz CT molecular complexity index is 385. The number of benzene rings is 1. The van der Waals surface area contributed by atoms with Gasteiger partial charge in [0.15, 0.2) is 0 Å². The first-order valence-corrected chi connectivity index (χ1v) is 5.53. The molecular weight excluding hydrogens is 188 g/mol. The number of carbonyl (C=O) groups excluding carboxylic acids is 1. The van der Waals surface area contributed by atoms with Gasteiger partial charge in [-0.1, -0.05) is 30.3 Å². The highest BCUT2D eigenvalue weighted by Gasteiger charge is 2.53. The lowest BCUT2D eigenvalue weighted by molar-refractivity contribution is -0.132. The summed E-state index contributed by atoms with van der Waals surface area (Å²) in [5, 5.41) is 9.99. The van der Waals surface area contributed by atoms with E-state index in [2.05, 4.69) is 12.1 Å². The fraction of sp³-hybridized carbons (Fsp3) is 0.462. The van der Waals surface area contributed by atoms with Crippen molar-refractivity contribution in [3.05, 3.63) is 35.9 Å². The molecule has 0 aromatic heterocycles. The van der Waals surface area contributed by atoms with Crippen molar-refractivity contribution >= 4 is 5.78 Å². The van der Waals surface area contributed by atoms with Crippen LogP contribution in [0.1, 0.15) is 24.3 Å². The van der Waals surface area contributed by atoms with Crippen molar-refractivity contribution in [1.82, 2.24) is 0 Å². The number of aliphatic hydroxyl groups is 1. The van der Waals surface area contributed by atoms with Crippen LogP contribution in [0.5, 0.6) is 0 Å². The van der Waals surface area contributed by atoms with Crippen molar-refractivity contribution in [3.63, 3.8) is 0 Å². The molecule has 0 unspecified atom stereocenters. The van der Waals surface area contributed by atoms with E-state index in [0.29, 0.717) is 24.5 Å². The van der Waals surface area contributed by atoms with Gasteiger partial charge in [0.05, 0.1) is 6.10 Å². The minimum Gasteiger partial charge on any atom is -0.392 e. The molecule has 0 saturated heterocycles.